The smallest absolute Gasteiger partial charge is 0.264 e. The Morgan fingerprint density at radius 3 is 2.42 bits per heavy atom. The van der Waals surface area contributed by atoms with Crippen LogP contribution in [0.2, 0.25) is 0 Å². The molecule has 0 saturated carbocycles. The molecule has 3 aromatic rings. The SMILES string of the molecule is C=CCOc1c(Br)cc(/C=N\NC(=O)CN(c2ccc(C(C)C)cc2)S(=O)(=O)c2ccccc2)cc1OC. The van der Waals surface area contributed by atoms with Crippen molar-refractivity contribution in [2.75, 3.05) is 24.6 Å². The van der Waals surface area contributed by atoms with E-state index in [0.717, 1.165) is 9.87 Å². The minimum absolute atomic E-state index is 0.0833. The molecule has 200 valence electrons. The number of carbonyl (C=O) groups excluding carboxylic acids is 1. The molecule has 8 nitrogen and oxygen atoms in total. The van der Waals surface area contributed by atoms with Crippen molar-refractivity contribution in [3.05, 3.63) is 95.0 Å². The summed E-state index contributed by atoms with van der Waals surface area (Å²) in [5.41, 5.74) is 4.47. The number of anilines is 1. The van der Waals surface area contributed by atoms with Crippen molar-refractivity contribution in [3.8, 4) is 11.5 Å². The number of methoxy groups -OCH3 is 1. The van der Waals surface area contributed by atoms with Crippen LogP contribution in [0.25, 0.3) is 0 Å². The van der Waals surface area contributed by atoms with Crippen LogP contribution in [0.5, 0.6) is 11.5 Å². The van der Waals surface area contributed by atoms with E-state index in [1.54, 1.807) is 48.5 Å². The fourth-order valence-electron chi connectivity index (χ4n) is 3.50. The molecule has 0 aliphatic heterocycles. The van der Waals surface area contributed by atoms with E-state index in [9.17, 15) is 13.2 Å². The van der Waals surface area contributed by atoms with Crippen molar-refractivity contribution < 1.29 is 22.7 Å². The quantitative estimate of drug-likeness (QED) is 0.169. The lowest BCUT2D eigenvalue weighted by Crippen LogP contribution is -2.39. The number of nitrogens with one attached hydrogen (secondary N) is 1. The summed E-state index contributed by atoms with van der Waals surface area (Å²) in [6.07, 6.45) is 3.05. The molecule has 0 bridgehead atoms. The number of nitrogens with zero attached hydrogens (tertiary/aromatic N) is 2. The number of amides is 1. The van der Waals surface area contributed by atoms with E-state index in [1.807, 2.05) is 12.1 Å². The predicted octanol–water partition coefficient (Wildman–Crippen LogP) is 5.49. The third kappa shape index (κ3) is 7.23. The standard InChI is InChI=1S/C28H30BrN3O5S/c1-5-15-37-28-25(29)16-21(17-26(28)36-4)18-30-31-27(33)19-32(23-13-11-22(12-14-23)20(2)3)38(34,35)24-9-7-6-8-10-24/h5-14,16-18,20H,1,15,19H2,2-4H3,(H,31,33)/b30-18-. The number of rotatable bonds is 12. The van der Waals surface area contributed by atoms with Crippen molar-refractivity contribution in [3.63, 3.8) is 0 Å². The van der Waals surface area contributed by atoms with Gasteiger partial charge < -0.3 is 9.47 Å². The van der Waals surface area contributed by atoms with E-state index in [2.05, 4.69) is 46.9 Å². The first-order chi connectivity index (χ1) is 18.2. The lowest BCUT2D eigenvalue weighted by atomic mass is 10.0. The Bertz CT molecular complexity index is 1390. The van der Waals surface area contributed by atoms with Crippen LogP contribution in [0.15, 0.2) is 93.9 Å². The van der Waals surface area contributed by atoms with Crippen molar-refractivity contribution in [1.29, 1.82) is 0 Å². The molecule has 1 amide bonds. The molecule has 3 rings (SSSR count). The number of hydrogen-bond donors (Lipinski definition) is 1. The van der Waals surface area contributed by atoms with Gasteiger partial charge in [-0.25, -0.2) is 13.8 Å². The van der Waals surface area contributed by atoms with Crippen LogP contribution in [0.4, 0.5) is 5.69 Å². The van der Waals surface area contributed by atoms with E-state index in [1.165, 1.54) is 25.5 Å². The van der Waals surface area contributed by atoms with Gasteiger partial charge in [-0.05, 0) is 69.4 Å². The molecule has 0 radical (unpaired) electrons. The fraction of sp³-hybridized carbons (Fsp3) is 0.214. The van der Waals surface area contributed by atoms with Crippen molar-refractivity contribution in [1.82, 2.24) is 5.43 Å². The Morgan fingerprint density at radius 1 is 1.13 bits per heavy atom. The summed E-state index contributed by atoms with van der Waals surface area (Å²) >= 11 is 3.44. The monoisotopic (exact) mass is 599 g/mol. The van der Waals surface area contributed by atoms with E-state index in [4.69, 9.17) is 9.47 Å². The summed E-state index contributed by atoms with van der Waals surface area (Å²) in [7, 11) is -2.50. The molecule has 1 N–H and O–H groups in total. The summed E-state index contributed by atoms with van der Waals surface area (Å²) in [6.45, 7) is 7.58. The maximum Gasteiger partial charge on any atom is 0.264 e. The first kappa shape index (κ1) is 28.9. The van der Waals surface area contributed by atoms with Gasteiger partial charge in [0.2, 0.25) is 0 Å². The summed E-state index contributed by atoms with van der Waals surface area (Å²) in [5, 5.41) is 4.01. The minimum Gasteiger partial charge on any atom is -0.493 e. The van der Waals surface area contributed by atoms with Gasteiger partial charge in [-0.3, -0.25) is 9.10 Å². The van der Waals surface area contributed by atoms with Crippen LogP contribution < -0.4 is 19.2 Å². The number of hydrogen-bond acceptors (Lipinski definition) is 6. The number of hydrazone groups is 1. The second-order valence-corrected chi connectivity index (χ2v) is 11.2. The van der Waals surface area contributed by atoms with E-state index in [-0.39, 0.29) is 10.8 Å². The van der Waals surface area contributed by atoms with E-state index >= 15 is 0 Å². The highest BCUT2D eigenvalue weighted by Gasteiger charge is 2.27. The van der Waals surface area contributed by atoms with Gasteiger partial charge in [0.1, 0.15) is 13.2 Å². The second-order valence-electron chi connectivity index (χ2n) is 8.50. The molecule has 0 unspecified atom stereocenters. The molecule has 0 heterocycles. The zero-order valence-corrected chi connectivity index (χ0v) is 23.8. The molecule has 10 heteroatoms. The molecule has 3 aromatic carbocycles. The molecule has 0 saturated heterocycles. The van der Waals surface area contributed by atoms with E-state index in [0.29, 0.717) is 33.8 Å². The summed E-state index contributed by atoms with van der Waals surface area (Å²) in [4.78, 5) is 12.9. The van der Waals surface area contributed by atoms with Gasteiger partial charge in [0, 0.05) is 0 Å². The lowest BCUT2D eigenvalue weighted by Gasteiger charge is -2.24. The molecule has 38 heavy (non-hydrogen) atoms. The Hall–Kier alpha value is -3.63. The number of sulfonamides is 1. The number of ether oxygens (including phenoxy) is 2. The number of carbonyl (C=O) groups is 1. The second kappa shape index (κ2) is 13.3. The van der Waals surface area contributed by atoms with Gasteiger partial charge in [-0.15, -0.1) is 0 Å². The first-order valence-electron chi connectivity index (χ1n) is 11.8. The van der Waals surface area contributed by atoms with Crippen LogP contribution in [0.3, 0.4) is 0 Å². The molecule has 0 aromatic heterocycles. The van der Waals surface area contributed by atoms with Gasteiger partial charge >= 0.3 is 0 Å². The molecule has 0 spiro atoms. The zero-order valence-electron chi connectivity index (χ0n) is 21.4. The van der Waals surface area contributed by atoms with Crippen LogP contribution in [-0.4, -0.2) is 40.8 Å². The van der Waals surface area contributed by atoms with E-state index < -0.39 is 22.5 Å². The van der Waals surface area contributed by atoms with Gasteiger partial charge in [-0.2, -0.15) is 5.10 Å². The topological polar surface area (TPSA) is 97.3 Å². The van der Waals surface area contributed by atoms with Gasteiger partial charge in [0.05, 0.1) is 28.4 Å². The predicted molar refractivity (Wildman–Crippen MR) is 154 cm³/mol. The maximum absolute atomic E-state index is 13.5. The Kier molecular flexibility index (Phi) is 10.1. The first-order valence-corrected chi connectivity index (χ1v) is 14.0. The largest absolute Gasteiger partial charge is 0.493 e. The zero-order chi connectivity index (χ0) is 27.7. The van der Waals surface area contributed by atoms with Crippen LogP contribution >= 0.6 is 15.9 Å². The molecule has 0 aliphatic rings. The summed E-state index contributed by atoms with van der Waals surface area (Å²) < 4.78 is 39.6. The van der Waals surface area contributed by atoms with Crippen LogP contribution in [0, 0.1) is 0 Å². The third-order valence-corrected chi connectivity index (χ3v) is 7.84. The normalized spacial score (nSPS) is 11.4. The Morgan fingerprint density at radius 2 is 1.82 bits per heavy atom. The highest BCUT2D eigenvalue weighted by Crippen LogP contribution is 2.36. The summed E-state index contributed by atoms with van der Waals surface area (Å²) in [6, 6.07) is 18.6. The molecular formula is C28H30BrN3O5S. The van der Waals surface area contributed by atoms with Crippen molar-refractivity contribution in [2.45, 2.75) is 24.7 Å². The fourth-order valence-corrected chi connectivity index (χ4v) is 5.52. The Balaban J connectivity index is 1.82. The highest BCUT2D eigenvalue weighted by molar-refractivity contribution is 9.10. The maximum atomic E-state index is 13.5. The average molecular weight is 601 g/mol. The average Bonchev–Trinajstić information content (AvgIpc) is 2.91. The Labute approximate surface area is 232 Å². The van der Waals surface area contributed by atoms with Crippen molar-refractivity contribution in [2.24, 2.45) is 5.10 Å². The van der Waals surface area contributed by atoms with Gasteiger partial charge in [-0.1, -0.05) is 56.8 Å². The van der Waals surface area contributed by atoms with Crippen molar-refractivity contribution >= 4 is 43.8 Å². The molecule has 0 fully saturated rings. The summed E-state index contributed by atoms with van der Waals surface area (Å²) in [5.74, 6) is 0.658. The molecule has 0 aliphatic carbocycles. The van der Waals surface area contributed by atoms with Gasteiger partial charge in [0.25, 0.3) is 15.9 Å². The number of benzene rings is 3. The molecule has 0 atom stereocenters. The van der Waals surface area contributed by atoms with Crippen LogP contribution in [-0.2, 0) is 14.8 Å². The minimum atomic E-state index is -4.01. The lowest BCUT2D eigenvalue weighted by molar-refractivity contribution is -0.119. The van der Waals surface area contributed by atoms with Gasteiger partial charge in [0.15, 0.2) is 11.5 Å². The van der Waals surface area contributed by atoms with Crippen LogP contribution in [0.1, 0.15) is 30.9 Å². The highest BCUT2D eigenvalue weighted by atomic mass is 79.9. The molecular weight excluding hydrogens is 570 g/mol. The third-order valence-electron chi connectivity index (χ3n) is 5.47. The number of halogens is 1.